The van der Waals surface area contributed by atoms with Crippen molar-refractivity contribution in [2.45, 2.75) is 45.3 Å². The summed E-state index contributed by atoms with van der Waals surface area (Å²) in [5, 5.41) is 12.3. The summed E-state index contributed by atoms with van der Waals surface area (Å²) in [7, 11) is 0. The van der Waals surface area contributed by atoms with Gasteiger partial charge >= 0.3 is 0 Å². The van der Waals surface area contributed by atoms with Gasteiger partial charge in [-0.3, -0.25) is 4.79 Å². The summed E-state index contributed by atoms with van der Waals surface area (Å²) in [5.74, 6) is 1.33. The standard InChI is InChI=1S/C24H26ClN5OS/c1-5-13-32-24-28-23-26-16(4)20(22(31)27-19-12-8-9-14(2)15(19)3)21(30(23)29-24)17-10-6-7-11-18(17)25/h6-12,21H,5,13H2,1-4H3,(H,27,31)(H,26,28,29). The molecule has 1 aliphatic rings. The molecule has 1 aromatic heterocycles. The lowest BCUT2D eigenvalue weighted by Gasteiger charge is -2.29. The van der Waals surface area contributed by atoms with Crippen molar-refractivity contribution in [2.75, 3.05) is 16.4 Å². The van der Waals surface area contributed by atoms with Crippen molar-refractivity contribution in [2.24, 2.45) is 0 Å². The van der Waals surface area contributed by atoms with Crippen molar-refractivity contribution < 1.29 is 4.79 Å². The second-order valence-corrected chi connectivity index (χ2v) is 9.27. The normalized spacial score (nSPS) is 15.3. The number of rotatable bonds is 6. The van der Waals surface area contributed by atoms with Crippen LogP contribution in [0, 0.1) is 13.8 Å². The van der Waals surface area contributed by atoms with Crippen molar-refractivity contribution in [3.63, 3.8) is 0 Å². The van der Waals surface area contributed by atoms with Gasteiger partial charge in [-0.1, -0.05) is 60.6 Å². The molecule has 0 aliphatic carbocycles. The molecule has 0 saturated heterocycles. The number of nitrogens with zero attached hydrogens (tertiary/aromatic N) is 3. The van der Waals surface area contributed by atoms with Crippen LogP contribution < -0.4 is 10.6 Å². The number of halogens is 1. The highest BCUT2D eigenvalue weighted by Crippen LogP contribution is 2.39. The van der Waals surface area contributed by atoms with Gasteiger partial charge in [0.2, 0.25) is 11.1 Å². The first-order valence-corrected chi connectivity index (χ1v) is 12.0. The number of nitrogens with one attached hydrogen (secondary N) is 2. The van der Waals surface area contributed by atoms with Crippen LogP contribution in [-0.2, 0) is 4.79 Å². The van der Waals surface area contributed by atoms with Crippen LogP contribution in [0.3, 0.4) is 0 Å². The third-order valence-electron chi connectivity index (χ3n) is 5.57. The predicted octanol–water partition coefficient (Wildman–Crippen LogP) is 5.98. The molecule has 4 rings (SSSR count). The first kappa shape index (κ1) is 22.4. The van der Waals surface area contributed by atoms with Crippen LogP contribution >= 0.6 is 23.4 Å². The number of benzene rings is 2. The molecule has 0 radical (unpaired) electrons. The number of aryl methyl sites for hydroxylation is 1. The van der Waals surface area contributed by atoms with Crippen LogP contribution in [0.15, 0.2) is 58.9 Å². The Morgan fingerprint density at radius 3 is 2.72 bits per heavy atom. The van der Waals surface area contributed by atoms with Crippen LogP contribution in [0.5, 0.6) is 0 Å². The topological polar surface area (TPSA) is 71.8 Å². The van der Waals surface area contributed by atoms with Gasteiger partial charge in [-0.15, -0.1) is 5.10 Å². The molecule has 166 valence electrons. The monoisotopic (exact) mass is 467 g/mol. The molecular weight excluding hydrogens is 442 g/mol. The molecule has 1 amide bonds. The number of carbonyl (C=O) groups excluding carboxylic acids is 1. The summed E-state index contributed by atoms with van der Waals surface area (Å²) in [5.41, 5.74) is 5.04. The number of anilines is 2. The van der Waals surface area contributed by atoms with Crippen LogP contribution in [0.2, 0.25) is 5.02 Å². The van der Waals surface area contributed by atoms with Gasteiger partial charge < -0.3 is 10.6 Å². The van der Waals surface area contributed by atoms with Gasteiger partial charge in [0, 0.05) is 27.7 Å². The summed E-state index contributed by atoms with van der Waals surface area (Å²) in [6.45, 7) is 8.04. The van der Waals surface area contributed by atoms with Gasteiger partial charge in [0.1, 0.15) is 6.04 Å². The maximum atomic E-state index is 13.6. The molecule has 1 unspecified atom stereocenters. The zero-order valence-electron chi connectivity index (χ0n) is 18.6. The molecule has 32 heavy (non-hydrogen) atoms. The SMILES string of the molecule is CCCSc1nc2n(n1)C(c1ccccc1Cl)C(C(=O)Nc1cccc(C)c1C)=C(C)N2. The van der Waals surface area contributed by atoms with Crippen LogP contribution in [0.4, 0.5) is 11.6 Å². The van der Waals surface area contributed by atoms with E-state index in [4.69, 9.17) is 16.7 Å². The zero-order chi connectivity index (χ0) is 22.8. The second kappa shape index (κ2) is 9.38. The third kappa shape index (κ3) is 4.27. The van der Waals surface area contributed by atoms with Gasteiger partial charge in [-0.05, 0) is 50.5 Å². The zero-order valence-corrected chi connectivity index (χ0v) is 20.1. The number of hydrogen-bond donors (Lipinski definition) is 2. The molecule has 0 bridgehead atoms. The minimum absolute atomic E-state index is 0.197. The molecule has 2 heterocycles. The van der Waals surface area contributed by atoms with Crippen molar-refractivity contribution in [1.82, 2.24) is 14.8 Å². The molecule has 6 nitrogen and oxygen atoms in total. The number of hydrogen-bond acceptors (Lipinski definition) is 5. The number of aromatic nitrogens is 3. The highest BCUT2D eigenvalue weighted by atomic mass is 35.5. The Morgan fingerprint density at radius 1 is 1.19 bits per heavy atom. The van der Waals surface area contributed by atoms with Crippen molar-refractivity contribution in [3.05, 3.63) is 75.4 Å². The first-order chi connectivity index (χ1) is 15.4. The van der Waals surface area contributed by atoms with E-state index >= 15 is 0 Å². The fourth-order valence-electron chi connectivity index (χ4n) is 3.74. The fourth-order valence-corrected chi connectivity index (χ4v) is 4.66. The molecule has 2 N–H and O–H groups in total. The maximum absolute atomic E-state index is 13.6. The minimum atomic E-state index is -0.492. The van der Waals surface area contributed by atoms with E-state index < -0.39 is 6.04 Å². The quantitative estimate of drug-likeness (QED) is 0.436. The van der Waals surface area contributed by atoms with E-state index in [9.17, 15) is 4.79 Å². The molecule has 8 heteroatoms. The second-order valence-electron chi connectivity index (χ2n) is 7.80. The molecular formula is C24H26ClN5OS. The maximum Gasteiger partial charge on any atom is 0.255 e. The molecule has 0 saturated carbocycles. The van der Waals surface area contributed by atoms with Crippen LogP contribution in [0.25, 0.3) is 0 Å². The van der Waals surface area contributed by atoms with E-state index in [-0.39, 0.29) is 5.91 Å². The summed E-state index contributed by atoms with van der Waals surface area (Å²) in [6.07, 6.45) is 1.02. The molecule has 0 fully saturated rings. The number of carbonyl (C=O) groups is 1. The number of fused-ring (bicyclic) bond motifs is 1. The Bertz CT molecular complexity index is 1200. The lowest BCUT2D eigenvalue weighted by molar-refractivity contribution is -0.113. The van der Waals surface area contributed by atoms with Crippen LogP contribution in [0.1, 0.15) is 43.0 Å². The Hall–Kier alpha value is -2.77. The predicted molar refractivity (Wildman–Crippen MR) is 131 cm³/mol. The molecule has 1 aliphatic heterocycles. The summed E-state index contributed by atoms with van der Waals surface area (Å²) in [4.78, 5) is 18.2. The molecule has 3 aromatic rings. The number of thioether (sulfide) groups is 1. The number of allylic oxidation sites excluding steroid dienone is 1. The van der Waals surface area contributed by atoms with E-state index in [2.05, 4.69) is 22.5 Å². The van der Waals surface area contributed by atoms with Gasteiger partial charge in [0.15, 0.2) is 0 Å². The third-order valence-corrected chi connectivity index (χ3v) is 6.95. The average Bonchev–Trinajstić information content (AvgIpc) is 3.17. The summed E-state index contributed by atoms with van der Waals surface area (Å²) < 4.78 is 1.77. The first-order valence-electron chi connectivity index (χ1n) is 10.6. The van der Waals surface area contributed by atoms with Gasteiger partial charge in [0.05, 0.1) is 5.57 Å². The van der Waals surface area contributed by atoms with E-state index in [0.717, 1.165) is 40.2 Å². The van der Waals surface area contributed by atoms with Gasteiger partial charge in [-0.25, -0.2) is 4.68 Å². The lowest BCUT2D eigenvalue weighted by Crippen LogP contribution is -2.31. The molecule has 2 aromatic carbocycles. The van der Waals surface area contributed by atoms with Crippen LogP contribution in [-0.4, -0.2) is 26.4 Å². The van der Waals surface area contributed by atoms with Gasteiger partial charge in [-0.2, -0.15) is 4.98 Å². The van der Waals surface area contributed by atoms with E-state index in [1.807, 2.05) is 63.2 Å². The Morgan fingerprint density at radius 2 is 1.97 bits per heavy atom. The highest BCUT2D eigenvalue weighted by Gasteiger charge is 2.35. The summed E-state index contributed by atoms with van der Waals surface area (Å²) >= 11 is 8.19. The van der Waals surface area contributed by atoms with E-state index in [0.29, 0.717) is 21.7 Å². The van der Waals surface area contributed by atoms with Crippen molar-refractivity contribution in [1.29, 1.82) is 0 Å². The fraction of sp³-hybridized carbons (Fsp3) is 0.292. The Balaban J connectivity index is 1.79. The minimum Gasteiger partial charge on any atom is -0.328 e. The highest BCUT2D eigenvalue weighted by molar-refractivity contribution is 7.99. The number of amides is 1. The average molecular weight is 468 g/mol. The van der Waals surface area contributed by atoms with Crippen molar-refractivity contribution in [3.8, 4) is 0 Å². The molecule has 1 atom stereocenters. The lowest BCUT2D eigenvalue weighted by atomic mass is 9.94. The Labute approximate surface area is 197 Å². The Kier molecular flexibility index (Phi) is 6.58. The van der Waals surface area contributed by atoms with E-state index in [1.54, 1.807) is 16.4 Å². The smallest absolute Gasteiger partial charge is 0.255 e. The molecule has 0 spiro atoms. The van der Waals surface area contributed by atoms with Crippen molar-refractivity contribution >= 4 is 40.9 Å². The largest absolute Gasteiger partial charge is 0.328 e. The summed E-state index contributed by atoms with van der Waals surface area (Å²) in [6, 6.07) is 13.0. The van der Waals surface area contributed by atoms with Gasteiger partial charge in [0.25, 0.3) is 5.91 Å². The van der Waals surface area contributed by atoms with E-state index in [1.165, 1.54) is 0 Å².